The van der Waals surface area contributed by atoms with E-state index >= 15 is 0 Å². The number of nitrogens with zero attached hydrogens (tertiary/aromatic N) is 5. The van der Waals surface area contributed by atoms with Gasteiger partial charge in [-0.15, -0.1) is 0 Å². The van der Waals surface area contributed by atoms with Gasteiger partial charge in [-0.3, -0.25) is 14.8 Å². The number of benzene rings is 1. The number of non-ortho nitro benzene ring substituents is 1. The number of aryl methyl sites for hydroxylation is 1. The molecule has 21 heavy (non-hydrogen) atoms. The fourth-order valence-electron chi connectivity index (χ4n) is 1.83. The molecule has 0 aliphatic carbocycles. The number of rotatable bonds is 3. The van der Waals surface area contributed by atoms with Crippen molar-refractivity contribution in [2.45, 2.75) is 0 Å². The lowest BCUT2D eigenvalue weighted by Crippen LogP contribution is -1.94. The molecule has 0 bridgehead atoms. The number of nitrogen functional groups attached to an aromatic ring is 1. The van der Waals surface area contributed by atoms with Crippen LogP contribution >= 0.6 is 0 Å². The third kappa shape index (κ3) is 2.31. The number of hydrogen-bond acceptors (Lipinski definition) is 7. The summed E-state index contributed by atoms with van der Waals surface area (Å²) in [5.74, 6) is 0.457. The number of aromatic nitrogens is 4. The summed E-state index contributed by atoms with van der Waals surface area (Å²) in [5, 5.41) is 18.7. The van der Waals surface area contributed by atoms with Crippen molar-refractivity contribution in [2.24, 2.45) is 7.05 Å². The van der Waals surface area contributed by atoms with Crippen molar-refractivity contribution in [3.05, 3.63) is 40.7 Å². The van der Waals surface area contributed by atoms with Crippen molar-refractivity contribution < 1.29 is 9.45 Å². The highest BCUT2D eigenvalue weighted by molar-refractivity contribution is 5.74. The van der Waals surface area contributed by atoms with Crippen molar-refractivity contribution in [1.82, 2.24) is 19.9 Å². The van der Waals surface area contributed by atoms with Crippen LogP contribution in [0.15, 0.2) is 35.1 Å². The zero-order valence-corrected chi connectivity index (χ0v) is 10.9. The molecule has 9 nitrogen and oxygen atoms in total. The number of nitro benzene ring substituents is 1. The highest BCUT2D eigenvalue weighted by Gasteiger charge is 2.17. The quantitative estimate of drug-likeness (QED) is 0.440. The first-order valence-corrected chi connectivity index (χ1v) is 5.91. The van der Waals surface area contributed by atoms with Gasteiger partial charge in [-0.1, -0.05) is 5.16 Å². The molecule has 0 spiro atoms. The van der Waals surface area contributed by atoms with E-state index in [1.807, 2.05) is 0 Å². The first-order valence-electron chi connectivity index (χ1n) is 5.91. The van der Waals surface area contributed by atoms with Crippen molar-refractivity contribution in [1.29, 1.82) is 0 Å². The lowest BCUT2D eigenvalue weighted by molar-refractivity contribution is -0.384. The Labute approximate surface area is 118 Å². The van der Waals surface area contributed by atoms with Gasteiger partial charge in [0.15, 0.2) is 0 Å². The van der Waals surface area contributed by atoms with Gasteiger partial charge in [-0.2, -0.15) is 10.1 Å². The molecule has 0 aliphatic rings. The Hall–Kier alpha value is -3.23. The van der Waals surface area contributed by atoms with Crippen LogP contribution in [0.1, 0.15) is 0 Å². The molecule has 2 heterocycles. The van der Waals surface area contributed by atoms with Crippen molar-refractivity contribution >= 4 is 11.4 Å². The van der Waals surface area contributed by atoms with Gasteiger partial charge in [-0.25, -0.2) is 0 Å². The van der Waals surface area contributed by atoms with Crippen LogP contribution in [-0.2, 0) is 7.05 Å². The molecule has 106 valence electrons. The second-order valence-corrected chi connectivity index (χ2v) is 4.35. The van der Waals surface area contributed by atoms with E-state index in [-0.39, 0.29) is 11.6 Å². The highest BCUT2D eigenvalue weighted by Crippen LogP contribution is 2.29. The van der Waals surface area contributed by atoms with E-state index in [9.17, 15) is 10.1 Å². The zero-order chi connectivity index (χ0) is 15.0. The maximum Gasteiger partial charge on any atom is 0.270 e. The number of hydrogen-bond donors (Lipinski definition) is 1. The van der Waals surface area contributed by atoms with Gasteiger partial charge >= 0.3 is 0 Å². The normalized spacial score (nSPS) is 10.7. The van der Waals surface area contributed by atoms with E-state index in [0.29, 0.717) is 22.6 Å². The standard InChI is InChI=1S/C12H10N6O3/c1-17-6-7(5-14-17)11-15-12(21-16-11)9-4-8(18(19)20)2-3-10(9)13/h2-6H,13H2,1H3. The van der Waals surface area contributed by atoms with Crippen LogP contribution in [0.3, 0.4) is 0 Å². The first kappa shape index (κ1) is 12.8. The van der Waals surface area contributed by atoms with Gasteiger partial charge < -0.3 is 10.3 Å². The summed E-state index contributed by atoms with van der Waals surface area (Å²) in [5.41, 5.74) is 7.03. The molecule has 0 radical (unpaired) electrons. The van der Waals surface area contributed by atoms with Gasteiger partial charge in [0, 0.05) is 31.1 Å². The molecule has 0 amide bonds. The maximum absolute atomic E-state index is 10.8. The number of nitro groups is 1. The van der Waals surface area contributed by atoms with Crippen LogP contribution < -0.4 is 5.73 Å². The Morgan fingerprint density at radius 3 is 2.90 bits per heavy atom. The summed E-state index contributed by atoms with van der Waals surface area (Å²) in [4.78, 5) is 14.5. The second-order valence-electron chi connectivity index (χ2n) is 4.35. The Morgan fingerprint density at radius 1 is 1.43 bits per heavy atom. The van der Waals surface area contributed by atoms with E-state index in [1.54, 1.807) is 24.1 Å². The molecule has 0 unspecified atom stereocenters. The summed E-state index contributed by atoms with van der Waals surface area (Å²) < 4.78 is 6.73. The minimum absolute atomic E-state index is 0.0969. The average Bonchev–Trinajstić information content (AvgIpc) is 3.07. The smallest absolute Gasteiger partial charge is 0.270 e. The molecule has 0 saturated carbocycles. The van der Waals surface area contributed by atoms with Crippen LogP contribution in [0.5, 0.6) is 0 Å². The van der Waals surface area contributed by atoms with Gasteiger partial charge in [-0.05, 0) is 6.07 Å². The minimum Gasteiger partial charge on any atom is -0.398 e. The Balaban J connectivity index is 2.03. The molecular formula is C12H10N6O3. The molecule has 0 saturated heterocycles. The predicted molar refractivity (Wildman–Crippen MR) is 73.0 cm³/mol. The fraction of sp³-hybridized carbons (Fsp3) is 0.0833. The summed E-state index contributed by atoms with van der Waals surface area (Å²) in [7, 11) is 1.77. The van der Waals surface area contributed by atoms with Crippen LogP contribution in [0.25, 0.3) is 22.8 Å². The summed E-state index contributed by atoms with van der Waals surface area (Å²) in [6, 6.07) is 4.05. The first-order chi connectivity index (χ1) is 10.0. The predicted octanol–water partition coefficient (Wildman–Crippen LogP) is 1.63. The summed E-state index contributed by atoms with van der Waals surface area (Å²) in [6.07, 6.45) is 3.32. The third-order valence-corrected chi connectivity index (χ3v) is 2.87. The van der Waals surface area contributed by atoms with Crippen LogP contribution in [-0.4, -0.2) is 24.8 Å². The van der Waals surface area contributed by atoms with Gasteiger partial charge in [0.1, 0.15) is 0 Å². The molecule has 2 aromatic heterocycles. The maximum atomic E-state index is 10.8. The molecule has 9 heteroatoms. The fourth-order valence-corrected chi connectivity index (χ4v) is 1.83. The lowest BCUT2D eigenvalue weighted by atomic mass is 10.1. The zero-order valence-electron chi connectivity index (χ0n) is 10.9. The Bertz CT molecular complexity index is 822. The van der Waals surface area contributed by atoms with Gasteiger partial charge in [0.25, 0.3) is 11.6 Å². The number of nitrogens with two attached hydrogens (primary N) is 1. The second kappa shape index (κ2) is 4.71. The van der Waals surface area contributed by atoms with Crippen LogP contribution in [0.4, 0.5) is 11.4 Å². The van der Waals surface area contributed by atoms with Gasteiger partial charge in [0.05, 0.1) is 22.2 Å². The average molecular weight is 286 g/mol. The molecule has 3 aromatic rings. The number of anilines is 1. The van der Waals surface area contributed by atoms with Gasteiger partial charge in [0.2, 0.25) is 5.82 Å². The van der Waals surface area contributed by atoms with Crippen molar-refractivity contribution in [3.8, 4) is 22.8 Å². The molecule has 0 aliphatic heterocycles. The molecule has 0 atom stereocenters. The van der Waals surface area contributed by atoms with Crippen molar-refractivity contribution in [3.63, 3.8) is 0 Å². The van der Waals surface area contributed by atoms with Crippen LogP contribution in [0, 0.1) is 10.1 Å². The van der Waals surface area contributed by atoms with E-state index in [2.05, 4.69) is 15.2 Å². The Morgan fingerprint density at radius 2 is 2.24 bits per heavy atom. The van der Waals surface area contributed by atoms with E-state index in [0.717, 1.165) is 0 Å². The lowest BCUT2D eigenvalue weighted by Gasteiger charge is -1.99. The summed E-state index contributed by atoms with van der Waals surface area (Å²) in [6.45, 7) is 0. The van der Waals surface area contributed by atoms with Crippen molar-refractivity contribution in [2.75, 3.05) is 5.73 Å². The van der Waals surface area contributed by atoms with E-state index < -0.39 is 4.92 Å². The van der Waals surface area contributed by atoms with E-state index in [4.69, 9.17) is 10.3 Å². The largest absolute Gasteiger partial charge is 0.398 e. The van der Waals surface area contributed by atoms with E-state index in [1.165, 1.54) is 18.2 Å². The molecule has 0 fully saturated rings. The van der Waals surface area contributed by atoms with Crippen LogP contribution in [0.2, 0.25) is 0 Å². The highest BCUT2D eigenvalue weighted by atomic mass is 16.6. The summed E-state index contributed by atoms with van der Waals surface area (Å²) >= 11 is 0. The topological polar surface area (TPSA) is 126 Å². The Kier molecular flexibility index (Phi) is 2.87. The minimum atomic E-state index is -0.513. The third-order valence-electron chi connectivity index (χ3n) is 2.87. The molecule has 2 N–H and O–H groups in total. The molecule has 1 aromatic carbocycles. The molecular weight excluding hydrogens is 276 g/mol. The molecule has 3 rings (SSSR count). The SMILES string of the molecule is Cn1cc(-c2noc(-c3cc([N+](=O)[O-])ccc3N)n2)cn1. The monoisotopic (exact) mass is 286 g/mol.